The molecule has 1 atom stereocenters. The Morgan fingerprint density at radius 1 is 1.28 bits per heavy atom. The average Bonchev–Trinajstić information content (AvgIpc) is 2.55. The number of methoxy groups -OCH3 is 2. The fraction of sp³-hybridized carbons (Fsp3) is 0.500. The number of hydrogen-bond acceptors (Lipinski definition) is 6. The molecule has 1 aromatic rings. The predicted octanol–water partition coefficient (Wildman–Crippen LogP) is 2.36. The van der Waals surface area contributed by atoms with Gasteiger partial charge in [-0.1, -0.05) is 26.8 Å². The fourth-order valence-electron chi connectivity index (χ4n) is 2.68. The van der Waals surface area contributed by atoms with Gasteiger partial charge in [0.2, 0.25) is 0 Å². The van der Waals surface area contributed by atoms with Gasteiger partial charge in [0, 0.05) is 6.54 Å². The van der Waals surface area contributed by atoms with E-state index in [0.29, 0.717) is 5.56 Å². The van der Waals surface area contributed by atoms with Crippen LogP contribution in [0.1, 0.15) is 32.8 Å². The van der Waals surface area contributed by atoms with Gasteiger partial charge in [-0.15, -0.1) is 0 Å². The molecular formula is C18H23FN2O4. The third kappa shape index (κ3) is 4.15. The minimum absolute atomic E-state index is 0.0575. The first-order chi connectivity index (χ1) is 11.6. The van der Waals surface area contributed by atoms with E-state index in [1.807, 2.05) is 0 Å². The van der Waals surface area contributed by atoms with Crippen LogP contribution >= 0.6 is 0 Å². The standard InChI is InChI=1S/C18H23FN2O4/c1-17(2,3)18(16(23)25-5,15(22)8-9-20)21-11-12-6-7-13(19)14(10-12)24-4/h6-7,10,21H,8,11H2,1-5H3/t18-/m0/s1. The quantitative estimate of drug-likeness (QED) is 0.600. The van der Waals surface area contributed by atoms with Crippen molar-refractivity contribution in [2.24, 2.45) is 5.41 Å². The minimum Gasteiger partial charge on any atom is -0.494 e. The van der Waals surface area contributed by atoms with Gasteiger partial charge in [-0.3, -0.25) is 10.1 Å². The molecular weight excluding hydrogens is 327 g/mol. The summed E-state index contributed by atoms with van der Waals surface area (Å²) < 4.78 is 23.3. The Hall–Kier alpha value is -2.46. The number of nitrogens with one attached hydrogen (secondary N) is 1. The van der Waals surface area contributed by atoms with Crippen LogP contribution in [0.4, 0.5) is 4.39 Å². The minimum atomic E-state index is -1.71. The number of carbonyl (C=O) groups is 2. The van der Waals surface area contributed by atoms with E-state index in [4.69, 9.17) is 14.7 Å². The van der Waals surface area contributed by atoms with E-state index < -0.39 is 34.9 Å². The number of nitrogens with zero attached hydrogens (tertiary/aromatic N) is 1. The number of Topliss-reactive ketones (excluding diaryl/α,β-unsaturated/α-hetero) is 1. The highest BCUT2D eigenvalue weighted by Gasteiger charge is 2.55. The van der Waals surface area contributed by atoms with Crippen molar-refractivity contribution >= 4 is 11.8 Å². The number of carbonyl (C=O) groups excluding carboxylic acids is 2. The first-order valence-corrected chi connectivity index (χ1v) is 7.70. The molecule has 0 unspecified atom stereocenters. The second-order valence-electron chi connectivity index (χ2n) is 6.57. The summed E-state index contributed by atoms with van der Waals surface area (Å²) in [5, 5.41) is 11.8. The highest BCUT2D eigenvalue weighted by atomic mass is 19.1. The van der Waals surface area contributed by atoms with E-state index in [1.54, 1.807) is 26.8 Å². The Morgan fingerprint density at radius 3 is 2.40 bits per heavy atom. The van der Waals surface area contributed by atoms with Gasteiger partial charge < -0.3 is 9.47 Å². The van der Waals surface area contributed by atoms with Crippen molar-refractivity contribution in [3.63, 3.8) is 0 Å². The number of halogens is 1. The van der Waals surface area contributed by atoms with Crippen molar-refractivity contribution in [2.75, 3.05) is 14.2 Å². The summed E-state index contributed by atoms with van der Waals surface area (Å²) in [6.45, 7) is 5.20. The lowest BCUT2D eigenvalue weighted by Crippen LogP contribution is -2.66. The highest BCUT2D eigenvalue weighted by molar-refractivity contribution is 6.10. The molecule has 0 fully saturated rings. The van der Waals surface area contributed by atoms with Gasteiger partial charge in [0.15, 0.2) is 22.9 Å². The van der Waals surface area contributed by atoms with Crippen LogP contribution in [-0.2, 0) is 20.9 Å². The molecule has 0 aliphatic rings. The van der Waals surface area contributed by atoms with Crippen LogP contribution in [0.25, 0.3) is 0 Å². The zero-order valence-corrected chi connectivity index (χ0v) is 15.1. The van der Waals surface area contributed by atoms with Gasteiger partial charge in [0.1, 0.15) is 0 Å². The van der Waals surface area contributed by atoms with E-state index in [0.717, 1.165) is 0 Å². The largest absolute Gasteiger partial charge is 0.494 e. The van der Waals surface area contributed by atoms with Crippen LogP contribution in [0, 0.1) is 22.6 Å². The predicted molar refractivity (Wildman–Crippen MR) is 89.2 cm³/mol. The second-order valence-corrected chi connectivity index (χ2v) is 6.57. The van der Waals surface area contributed by atoms with Crippen molar-refractivity contribution in [1.29, 1.82) is 5.26 Å². The molecule has 0 amide bonds. The van der Waals surface area contributed by atoms with E-state index in [2.05, 4.69) is 5.32 Å². The van der Waals surface area contributed by atoms with Crippen LogP contribution < -0.4 is 10.1 Å². The molecule has 0 bridgehead atoms. The summed E-state index contributed by atoms with van der Waals surface area (Å²) in [7, 11) is 2.53. The van der Waals surface area contributed by atoms with E-state index >= 15 is 0 Å². The van der Waals surface area contributed by atoms with Crippen molar-refractivity contribution < 1.29 is 23.5 Å². The van der Waals surface area contributed by atoms with Gasteiger partial charge in [0.25, 0.3) is 0 Å². The van der Waals surface area contributed by atoms with E-state index in [1.165, 1.54) is 32.4 Å². The van der Waals surface area contributed by atoms with Crippen LogP contribution in [0.5, 0.6) is 5.75 Å². The molecule has 0 saturated carbocycles. The van der Waals surface area contributed by atoms with Crippen molar-refractivity contribution in [3.05, 3.63) is 29.6 Å². The summed E-state index contributed by atoms with van der Waals surface area (Å²) in [5.74, 6) is -1.80. The summed E-state index contributed by atoms with van der Waals surface area (Å²) in [6.07, 6.45) is -0.438. The molecule has 0 heterocycles. The van der Waals surface area contributed by atoms with Gasteiger partial charge in [-0.25, -0.2) is 9.18 Å². The van der Waals surface area contributed by atoms with Crippen LogP contribution in [0.2, 0.25) is 0 Å². The summed E-state index contributed by atoms with van der Waals surface area (Å²) in [5.41, 5.74) is -1.96. The SMILES string of the molecule is COC(=O)[C@@](NCc1ccc(F)c(OC)c1)(C(=O)CC#N)C(C)(C)C. The van der Waals surface area contributed by atoms with Gasteiger partial charge in [-0.2, -0.15) is 5.26 Å². The number of benzene rings is 1. The first-order valence-electron chi connectivity index (χ1n) is 7.70. The Kier molecular flexibility index (Phi) is 6.65. The average molecular weight is 350 g/mol. The molecule has 1 rings (SSSR count). The van der Waals surface area contributed by atoms with Crippen molar-refractivity contribution in [1.82, 2.24) is 5.32 Å². The summed E-state index contributed by atoms with van der Waals surface area (Å²) >= 11 is 0. The number of esters is 1. The van der Waals surface area contributed by atoms with Crippen LogP contribution in [0.15, 0.2) is 18.2 Å². The zero-order chi connectivity index (χ0) is 19.3. The Labute approximate surface area is 146 Å². The molecule has 136 valence electrons. The van der Waals surface area contributed by atoms with Gasteiger partial charge in [-0.05, 0) is 23.1 Å². The normalized spacial score (nSPS) is 13.5. The second kappa shape index (κ2) is 8.08. The topological polar surface area (TPSA) is 88.4 Å². The first kappa shape index (κ1) is 20.6. The molecule has 6 nitrogen and oxygen atoms in total. The maximum absolute atomic E-state index is 13.5. The zero-order valence-electron chi connectivity index (χ0n) is 15.1. The third-order valence-electron chi connectivity index (χ3n) is 4.05. The Balaban J connectivity index is 3.27. The molecule has 0 saturated heterocycles. The lowest BCUT2D eigenvalue weighted by atomic mass is 9.70. The molecule has 0 spiro atoms. The number of nitriles is 1. The summed E-state index contributed by atoms with van der Waals surface area (Å²) in [4.78, 5) is 25.1. The molecule has 25 heavy (non-hydrogen) atoms. The Morgan fingerprint density at radius 2 is 1.92 bits per heavy atom. The number of ketones is 1. The summed E-state index contributed by atoms with van der Waals surface area (Å²) in [6, 6.07) is 6.01. The van der Waals surface area contributed by atoms with Crippen molar-refractivity contribution in [3.8, 4) is 11.8 Å². The van der Waals surface area contributed by atoms with Gasteiger partial charge in [0.05, 0.1) is 26.7 Å². The lowest BCUT2D eigenvalue weighted by molar-refractivity contribution is -0.159. The van der Waals surface area contributed by atoms with E-state index in [-0.39, 0.29) is 12.3 Å². The van der Waals surface area contributed by atoms with Crippen LogP contribution in [-0.4, -0.2) is 31.5 Å². The number of rotatable bonds is 7. The third-order valence-corrected chi connectivity index (χ3v) is 4.05. The van der Waals surface area contributed by atoms with Crippen LogP contribution in [0.3, 0.4) is 0 Å². The molecule has 0 radical (unpaired) electrons. The maximum Gasteiger partial charge on any atom is 0.334 e. The molecule has 0 aliphatic heterocycles. The smallest absolute Gasteiger partial charge is 0.334 e. The molecule has 1 N–H and O–H groups in total. The molecule has 0 aliphatic carbocycles. The van der Waals surface area contributed by atoms with E-state index in [9.17, 15) is 14.0 Å². The molecule has 1 aromatic carbocycles. The highest BCUT2D eigenvalue weighted by Crippen LogP contribution is 2.34. The molecule has 0 aromatic heterocycles. The maximum atomic E-state index is 13.5. The van der Waals surface area contributed by atoms with Crippen molar-refractivity contribution in [2.45, 2.75) is 39.3 Å². The van der Waals surface area contributed by atoms with Gasteiger partial charge >= 0.3 is 5.97 Å². The molecule has 7 heteroatoms. The number of hydrogen-bond donors (Lipinski definition) is 1. The monoisotopic (exact) mass is 350 g/mol. The number of ether oxygens (including phenoxy) is 2. The Bertz CT molecular complexity index is 691. The fourth-order valence-corrected chi connectivity index (χ4v) is 2.68. The lowest BCUT2D eigenvalue weighted by Gasteiger charge is -2.41.